The highest BCUT2D eigenvalue weighted by Gasteiger charge is 2.26. The molecule has 0 aliphatic heterocycles. The van der Waals surface area contributed by atoms with E-state index in [1.165, 1.54) is 0 Å². The number of rotatable bonds is 7. The molecule has 1 aliphatic carbocycles. The second-order valence-corrected chi connectivity index (χ2v) is 6.33. The zero-order chi connectivity index (χ0) is 15.2. The summed E-state index contributed by atoms with van der Waals surface area (Å²) in [5.74, 6) is 1.03. The molecule has 1 fully saturated rings. The van der Waals surface area contributed by atoms with Crippen molar-refractivity contribution < 1.29 is 14.9 Å². The van der Waals surface area contributed by atoms with Gasteiger partial charge in [-0.25, -0.2) is 0 Å². The van der Waals surface area contributed by atoms with Crippen molar-refractivity contribution in [1.82, 2.24) is 4.90 Å². The molecular formula is C16H24ClNO3. The summed E-state index contributed by atoms with van der Waals surface area (Å²) in [6.07, 6.45) is 2.34. The summed E-state index contributed by atoms with van der Waals surface area (Å²) in [5, 5.41) is 20.5. The lowest BCUT2D eigenvalue weighted by Crippen LogP contribution is -2.37. The molecule has 2 N–H and O–H groups in total. The third-order valence-electron chi connectivity index (χ3n) is 3.94. The number of likely N-dealkylation sites (N-methyl/N-ethyl adjacent to an activating group) is 1. The maximum atomic E-state index is 10.0. The van der Waals surface area contributed by atoms with Gasteiger partial charge >= 0.3 is 0 Å². The first-order valence-corrected chi connectivity index (χ1v) is 7.85. The first-order valence-electron chi connectivity index (χ1n) is 7.47. The van der Waals surface area contributed by atoms with Crippen LogP contribution in [0.1, 0.15) is 19.3 Å². The summed E-state index contributed by atoms with van der Waals surface area (Å²) < 4.78 is 5.53. The van der Waals surface area contributed by atoms with Crippen LogP contribution in [0.4, 0.5) is 0 Å². The number of benzene rings is 1. The average molecular weight is 314 g/mol. The lowest BCUT2D eigenvalue weighted by Gasteiger charge is -2.25. The number of ether oxygens (including phenoxy) is 1. The van der Waals surface area contributed by atoms with Crippen LogP contribution in [0.25, 0.3) is 0 Å². The topological polar surface area (TPSA) is 52.9 Å². The molecule has 0 spiro atoms. The van der Waals surface area contributed by atoms with E-state index in [1.807, 2.05) is 7.05 Å². The molecule has 1 saturated carbocycles. The number of hydrogen-bond acceptors (Lipinski definition) is 4. The molecule has 5 heteroatoms. The summed E-state index contributed by atoms with van der Waals surface area (Å²) in [7, 11) is 1.97. The fourth-order valence-electron chi connectivity index (χ4n) is 2.84. The summed E-state index contributed by atoms with van der Waals surface area (Å²) in [5.41, 5.74) is 0. The molecule has 1 aliphatic rings. The van der Waals surface area contributed by atoms with Crippen molar-refractivity contribution in [3.05, 3.63) is 29.3 Å². The Labute approximate surface area is 131 Å². The molecule has 21 heavy (non-hydrogen) atoms. The minimum Gasteiger partial charge on any atom is -0.491 e. The smallest absolute Gasteiger partial charge is 0.119 e. The van der Waals surface area contributed by atoms with E-state index in [9.17, 15) is 10.2 Å². The third-order valence-corrected chi connectivity index (χ3v) is 4.20. The second kappa shape index (κ2) is 7.99. The van der Waals surface area contributed by atoms with Crippen LogP contribution < -0.4 is 4.74 Å². The molecule has 2 rings (SSSR count). The summed E-state index contributed by atoms with van der Waals surface area (Å²) in [4.78, 5) is 2.06. The van der Waals surface area contributed by atoms with Gasteiger partial charge in [0.05, 0.1) is 6.10 Å². The molecule has 0 radical (unpaired) electrons. The van der Waals surface area contributed by atoms with Gasteiger partial charge in [0.2, 0.25) is 0 Å². The van der Waals surface area contributed by atoms with Crippen molar-refractivity contribution in [2.75, 3.05) is 26.7 Å². The van der Waals surface area contributed by atoms with E-state index in [4.69, 9.17) is 16.3 Å². The molecule has 118 valence electrons. The van der Waals surface area contributed by atoms with E-state index in [2.05, 4.69) is 4.90 Å². The summed E-state index contributed by atoms with van der Waals surface area (Å²) in [6.45, 7) is 1.61. The molecule has 0 amide bonds. The maximum Gasteiger partial charge on any atom is 0.119 e. The van der Waals surface area contributed by atoms with Gasteiger partial charge < -0.3 is 19.8 Å². The normalized spacial score (nSPS) is 23.5. The summed E-state index contributed by atoms with van der Waals surface area (Å²) >= 11 is 5.80. The molecule has 4 nitrogen and oxygen atoms in total. The molecular weight excluding hydrogens is 290 g/mol. The zero-order valence-corrected chi connectivity index (χ0v) is 13.2. The Bertz CT molecular complexity index is 426. The maximum absolute atomic E-state index is 10.0. The van der Waals surface area contributed by atoms with Gasteiger partial charge in [-0.1, -0.05) is 18.0 Å². The van der Waals surface area contributed by atoms with E-state index in [0.717, 1.165) is 25.8 Å². The highest BCUT2D eigenvalue weighted by Crippen LogP contribution is 2.26. The molecule has 0 saturated heterocycles. The van der Waals surface area contributed by atoms with Crippen molar-refractivity contribution >= 4 is 11.6 Å². The quantitative estimate of drug-likeness (QED) is 0.810. The number of nitrogens with zero attached hydrogens (tertiary/aromatic N) is 1. The largest absolute Gasteiger partial charge is 0.491 e. The molecule has 0 bridgehead atoms. The lowest BCUT2D eigenvalue weighted by atomic mass is 10.1. The predicted octanol–water partition coefficient (Wildman–Crippen LogP) is 2.17. The van der Waals surface area contributed by atoms with E-state index < -0.39 is 6.10 Å². The van der Waals surface area contributed by atoms with Crippen molar-refractivity contribution in [3.63, 3.8) is 0 Å². The number of aliphatic hydroxyl groups excluding tert-OH is 2. The Morgan fingerprint density at radius 3 is 2.67 bits per heavy atom. The molecule has 1 aromatic rings. The Morgan fingerprint density at radius 2 is 2.05 bits per heavy atom. The van der Waals surface area contributed by atoms with Crippen LogP contribution in [0.2, 0.25) is 5.02 Å². The van der Waals surface area contributed by atoms with Gasteiger partial charge in [-0.05, 0) is 50.1 Å². The van der Waals surface area contributed by atoms with Crippen LogP contribution in [0.15, 0.2) is 24.3 Å². The van der Waals surface area contributed by atoms with Gasteiger partial charge in [0.25, 0.3) is 0 Å². The number of hydrogen-bond donors (Lipinski definition) is 2. The molecule has 0 heterocycles. The SMILES string of the molecule is CN(CC(O)COc1ccc(Cl)cc1)CC1CCCC1O. The van der Waals surface area contributed by atoms with Crippen LogP contribution in [0.3, 0.4) is 0 Å². The van der Waals surface area contributed by atoms with Gasteiger partial charge in [-0.15, -0.1) is 0 Å². The van der Waals surface area contributed by atoms with Crippen molar-refractivity contribution in [2.45, 2.75) is 31.5 Å². The molecule has 1 aromatic carbocycles. The Hall–Kier alpha value is -0.810. The monoisotopic (exact) mass is 313 g/mol. The van der Waals surface area contributed by atoms with Crippen LogP contribution in [-0.2, 0) is 0 Å². The van der Waals surface area contributed by atoms with E-state index in [-0.39, 0.29) is 12.7 Å². The van der Waals surface area contributed by atoms with E-state index in [0.29, 0.717) is 23.2 Å². The number of halogens is 1. The van der Waals surface area contributed by atoms with Gasteiger partial charge in [-0.3, -0.25) is 0 Å². The highest BCUT2D eigenvalue weighted by atomic mass is 35.5. The molecule has 3 unspecified atom stereocenters. The highest BCUT2D eigenvalue weighted by molar-refractivity contribution is 6.30. The van der Waals surface area contributed by atoms with Crippen LogP contribution in [0.5, 0.6) is 5.75 Å². The lowest BCUT2D eigenvalue weighted by molar-refractivity contribution is 0.0578. The van der Waals surface area contributed by atoms with E-state index in [1.54, 1.807) is 24.3 Å². The minimum atomic E-state index is -0.552. The van der Waals surface area contributed by atoms with E-state index >= 15 is 0 Å². The zero-order valence-electron chi connectivity index (χ0n) is 12.4. The first-order chi connectivity index (χ1) is 10.0. The van der Waals surface area contributed by atoms with Gasteiger partial charge in [-0.2, -0.15) is 0 Å². The first kappa shape index (κ1) is 16.6. The third kappa shape index (κ3) is 5.47. The van der Waals surface area contributed by atoms with Crippen LogP contribution in [-0.4, -0.2) is 54.1 Å². The fourth-order valence-corrected chi connectivity index (χ4v) is 2.97. The van der Waals surface area contributed by atoms with Crippen LogP contribution >= 0.6 is 11.6 Å². The Morgan fingerprint density at radius 1 is 1.33 bits per heavy atom. The fraction of sp³-hybridized carbons (Fsp3) is 0.625. The molecule has 0 aromatic heterocycles. The standard InChI is InChI=1S/C16H24ClNO3/c1-18(9-12-3-2-4-16(12)20)10-14(19)11-21-15-7-5-13(17)6-8-15/h5-8,12,14,16,19-20H,2-4,9-11H2,1H3. The Balaban J connectivity index is 1.68. The van der Waals surface area contributed by atoms with Crippen LogP contribution in [0, 0.1) is 5.92 Å². The Kier molecular flexibility index (Phi) is 6.30. The summed E-state index contributed by atoms with van der Waals surface area (Å²) in [6, 6.07) is 7.09. The average Bonchev–Trinajstić information content (AvgIpc) is 2.83. The molecule has 3 atom stereocenters. The predicted molar refractivity (Wildman–Crippen MR) is 83.8 cm³/mol. The van der Waals surface area contributed by atoms with Crippen molar-refractivity contribution in [1.29, 1.82) is 0 Å². The van der Waals surface area contributed by atoms with Gasteiger partial charge in [0.15, 0.2) is 0 Å². The van der Waals surface area contributed by atoms with Crippen molar-refractivity contribution in [3.8, 4) is 5.75 Å². The second-order valence-electron chi connectivity index (χ2n) is 5.90. The minimum absolute atomic E-state index is 0.185. The number of aliphatic hydroxyl groups is 2. The van der Waals surface area contributed by atoms with Gasteiger partial charge in [0, 0.05) is 18.1 Å². The van der Waals surface area contributed by atoms with Gasteiger partial charge in [0.1, 0.15) is 18.5 Å². The van der Waals surface area contributed by atoms with Crippen molar-refractivity contribution in [2.24, 2.45) is 5.92 Å².